The number of nitrogens with two attached hydrogens (primary N) is 1. The number of benzene rings is 1. The molecule has 0 aliphatic rings. The molecule has 0 saturated carbocycles. The van der Waals surface area contributed by atoms with Crippen molar-refractivity contribution in [2.24, 2.45) is 5.73 Å². The van der Waals surface area contributed by atoms with Crippen LogP contribution < -0.4 is 5.73 Å². The van der Waals surface area contributed by atoms with Crippen molar-refractivity contribution >= 4 is 27.3 Å². The van der Waals surface area contributed by atoms with E-state index in [1.165, 1.54) is 30.9 Å². The first-order valence-corrected chi connectivity index (χ1v) is 7.22. The monoisotopic (exact) mass is 309 g/mol. The average molecular weight is 310 g/mol. The molecule has 90 valence electrons. The lowest BCUT2D eigenvalue weighted by Gasteiger charge is -2.06. The Bertz CT molecular complexity index is 520. The normalized spacial score (nSPS) is 12.8. The fourth-order valence-electron chi connectivity index (χ4n) is 1.84. The maximum absolute atomic E-state index is 5.89. The van der Waals surface area contributed by atoms with Crippen LogP contribution in [0.5, 0.6) is 0 Å². The van der Waals surface area contributed by atoms with E-state index in [0.29, 0.717) is 0 Å². The van der Waals surface area contributed by atoms with Crippen LogP contribution in [0.4, 0.5) is 0 Å². The largest absolute Gasteiger partial charge is 0.324 e. The van der Waals surface area contributed by atoms with Crippen molar-refractivity contribution in [2.45, 2.75) is 26.8 Å². The summed E-state index contributed by atoms with van der Waals surface area (Å²) in [5, 5.41) is 0. The molecule has 1 aromatic heterocycles. The van der Waals surface area contributed by atoms with Crippen LogP contribution in [0.2, 0.25) is 0 Å². The van der Waals surface area contributed by atoms with E-state index in [0.717, 1.165) is 0 Å². The zero-order valence-corrected chi connectivity index (χ0v) is 12.7. The SMILES string of the molecule is Cc1cc(-c2ccc(C(C)N)s2)cc(C)c1Br. The maximum atomic E-state index is 5.89. The van der Waals surface area contributed by atoms with Gasteiger partial charge in [-0.1, -0.05) is 15.9 Å². The average Bonchev–Trinajstić information content (AvgIpc) is 2.74. The second-order valence-corrected chi connectivity index (χ2v) is 6.32. The topological polar surface area (TPSA) is 26.0 Å². The standard InChI is InChI=1S/C14H16BrNS/c1-8-6-11(7-9(2)14(8)15)13-5-4-12(17-13)10(3)16/h4-7,10H,16H2,1-3H3. The number of hydrogen-bond donors (Lipinski definition) is 1. The van der Waals surface area contributed by atoms with Gasteiger partial charge in [0.2, 0.25) is 0 Å². The summed E-state index contributed by atoms with van der Waals surface area (Å²) in [6.07, 6.45) is 0. The molecular formula is C14H16BrNS. The van der Waals surface area contributed by atoms with Crippen LogP contribution in [0.25, 0.3) is 10.4 Å². The van der Waals surface area contributed by atoms with E-state index >= 15 is 0 Å². The highest BCUT2D eigenvalue weighted by molar-refractivity contribution is 9.10. The van der Waals surface area contributed by atoms with Gasteiger partial charge in [0, 0.05) is 20.3 Å². The van der Waals surface area contributed by atoms with E-state index in [4.69, 9.17) is 5.73 Å². The lowest BCUT2D eigenvalue weighted by molar-refractivity contribution is 0.838. The van der Waals surface area contributed by atoms with Gasteiger partial charge in [-0.25, -0.2) is 0 Å². The zero-order valence-electron chi connectivity index (χ0n) is 10.3. The molecule has 17 heavy (non-hydrogen) atoms. The number of thiophene rings is 1. The second kappa shape index (κ2) is 4.92. The molecule has 0 aliphatic carbocycles. The maximum Gasteiger partial charge on any atom is 0.0361 e. The third-order valence-corrected chi connectivity index (χ3v) is 5.38. The van der Waals surface area contributed by atoms with Gasteiger partial charge in [-0.05, 0) is 61.7 Å². The quantitative estimate of drug-likeness (QED) is 0.846. The van der Waals surface area contributed by atoms with E-state index in [-0.39, 0.29) is 6.04 Å². The lowest BCUT2D eigenvalue weighted by Crippen LogP contribution is -2.01. The summed E-state index contributed by atoms with van der Waals surface area (Å²) >= 11 is 5.37. The van der Waals surface area contributed by atoms with Gasteiger partial charge < -0.3 is 5.73 Å². The van der Waals surface area contributed by atoms with E-state index in [2.05, 4.69) is 54.0 Å². The summed E-state index contributed by atoms with van der Waals surface area (Å²) in [7, 11) is 0. The van der Waals surface area contributed by atoms with Crippen molar-refractivity contribution in [2.75, 3.05) is 0 Å². The van der Waals surface area contributed by atoms with Crippen molar-refractivity contribution in [1.82, 2.24) is 0 Å². The molecule has 1 atom stereocenters. The molecule has 2 aromatic rings. The molecule has 1 nitrogen and oxygen atoms in total. The Kier molecular flexibility index (Phi) is 3.71. The molecule has 2 rings (SSSR count). The number of rotatable bonds is 2. The molecule has 1 aromatic carbocycles. The van der Waals surface area contributed by atoms with E-state index in [9.17, 15) is 0 Å². The molecule has 0 fully saturated rings. The zero-order chi connectivity index (χ0) is 12.6. The Morgan fingerprint density at radius 1 is 1.18 bits per heavy atom. The summed E-state index contributed by atoms with van der Waals surface area (Å²) in [5.74, 6) is 0. The molecule has 0 spiro atoms. The first-order chi connectivity index (χ1) is 7.99. The summed E-state index contributed by atoms with van der Waals surface area (Å²) in [6.45, 7) is 6.27. The molecule has 0 bridgehead atoms. The third kappa shape index (κ3) is 2.62. The van der Waals surface area contributed by atoms with Crippen molar-refractivity contribution in [3.05, 3.63) is 44.7 Å². The fraction of sp³-hybridized carbons (Fsp3) is 0.286. The van der Waals surface area contributed by atoms with Crippen LogP contribution in [0.1, 0.15) is 29.0 Å². The molecule has 1 unspecified atom stereocenters. The van der Waals surface area contributed by atoms with E-state index in [1.54, 1.807) is 11.3 Å². The Morgan fingerprint density at radius 2 is 1.76 bits per heavy atom. The predicted molar refractivity (Wildman–Crippen MR) is 79.5 cm³/mol. The van der Waals surface area contributed by atoms with Crippen molar-refractivity contribution < 1.29 is 0 Å². The molecule has 0 amide bonds. The molecular weight excluding hydrogens is 294 g/mol. The van der Waals surface area contributed by atoms with Gasteiger partial charge in [0.25, 0.3) is 0 Å². The molecule has 0 saturated heterocycles. The molecule has 3 heteroatoms. The van der Waals surface area contributed by atoms with Crippen LogP contribution in [0.3, 0.4) is 0 Å². The highest BCUT2D eigenvalue weighted by Gasteiger charge is 2.08. The van der Waals surface area contributed by atoms with Crippen LogP contribution in [0.15, 0.2) is 28.7 Å². The highest BCUT2D eigenvalue weighted by Crippen LogP contribution is 2.34. The van der Waals surface area contributed by atoms with E-state index < -0.39 is 0 Å². The van der Waals surface area contributed by atoms with E-state index in [1.807, 2.05) is 6.92 Å². The van der Waals surface area contributed by atoms with Gasteiger partial charge in [-0.3, -0.25) is 0 Å². The van der Waals surface area contributed by atoms with Crippen molar-refractivity contribution in [3.8, 4) is 10.4 Å². The van der Waals surface area contributed by atoms with Crippen LogP contribution in [0, 0.1) is 13.8 Å². The molecule has 1 heterocycles. The van der Waals surface area contributed by atoms with Gasteiger partial charge in [0.05, 0.1) is 0 Å². The molecule has 0 radical (unpaired) electrons. The predicted octanol–water partition coefficient (Wildman–Crippen LogP) is 4.81. The number of hydrogen-bond acceptors (Lipinski definition) is 2. The van der Waals surface area contributed by atoms with Gasteiger partial charge in [-0.15, -0.1) is 11.3 Å². The highest BCUT2D eigenvalue weighted by atomic mass is 79.9. The van der Waals surface area contributed by atoms with Gasteiger partial charge >= 0.3 is 0 Å². The first kappa shape index (κ1) is 12.8. The Labute approximate surface area is 115 Å². The summed E-state index contributed by atoms with van der Waals surface area (Å²) in [6, 6.07) is 8.83. The Morgan fingerprint density at radius 3 is 2.24 bits per heavy atom. The summed E-state index contributed by atoms with van der Waals surface area (Å²) in [5.41, 5.74) is 9.72. The summed E-state index contributed by atoms with van der Waals surface area (Å²) < 4.78 is 1.20. The lowest BCUT2D eigenvalue weighted by atomic mass is 10.1. The Hall–Kier alpha value is -0.640. The Balaban J connectivity index is 2.46. The molecule has 2 N–H and O–H groups in total. The molecule has 0 aliphatic heterocycles. The minimum absolute atomic E-state index is 0.117. The first-order valence-electron chi connectivity index (χ1n) is 5.61. The minimum Gasteiger partial charge on any atom is -0.324 e. The van der Waals surface area contributed by atoms with Crippen molar-refractivity contribution in [1.29, 1.82) is 0 Å². The van der Waals surface area contributed by atoms with Crippen LogP contribution >= 0.6 is 27.3 Å². The van der Waals surface area contributed by atoms with Gasteiger partial charge in [-0.2, -0.15) is 0 Å². The number of halogens is 1. The fourth-order valence-corrected chi connectivity index (χ4v) is 3.02. The van der Waals surface area contributed by atoms with Crippen LogP contribution in [-0.2, 0) is 0 Å². The third-order valence-electron chi connectivity index (χ3n) is 2.80. The van der Waals surface area contributed by atoms with Crippen molar-refractivity contribution in [3.63, 3.8) is 0 Å². The number of aryl methyl sites for hydroxylation is 2. The summed E-state index contributed by atoms with van der Waals surface area (Å²) in [4.78, 5) is 2.52. The van der Waals surface area contributed by atoms with Gasteiger partial charge in [0.15, 0.2) is 0 Å². The second-order valence-electron chi connectivity index (χ2n) is 4.41. The van der Waals surface area contributed by atoms with Crippen LogP contribution in [-0.4, -0.2) is 0 Å². The smallest absolute Gasteiger partial charge is 0.0361 e. The van der Waals surface area contributed by atoms with Gasteiger partial charge in [0.1, 0.15) is 0 Å². The minimum atomic E-state index is 0.117.